The molecule has 6 N–H and O–H groups in total. The molecule has 0 bridgehead atoms. The van der Waals surface area contributed by atoms with Crippen molar-refractivity contribution in [1.82, 2.24) is 20.7 Å². The maximum atomic E-state index is 13.3. The van der Waals surface area contributed by atoms with Gasteiger partial charge in [-0.1, -0.05) is 12.8 Å². The Labute approximate surface area is 236 Å². The molecule has 2 fully saturated rings. The van der Waals surface area contributed by atoms with E-state index < -0.39 is 33.6 Å². The van der Waals surface area contributed by atoms with Gasteiger partial charge in [-0.25, -0.2) is 17.9 Å². The number of nitrogens with one attached hydrogen (secondary N) is 5. The van der Waals surface area contributed by atoms with Gasteiger partial charge in [0.15, 0.2) is 0 Å². The highest BCUT2D eigenvalue weighted by Gasteiger charge is 2.39. The Hall–Kier alpha value is -2.86. The number of benzene rings is 1. The van der Waals surface area contributed by atoms with Gasteiger partial charge in [-0.3, -0.25) is 10.2 Å². The Morgan fingerprint density at radius 2 is 1.85 bits per heavy atom. The van der Waals surface area contributed by atoms with E-state index in [0.717, 1.165) is 42.6 Å². The molecule has 4 atom stereocenters. The van der Waals surface area contributed by atoms with Gasteiger partial charge in [-0.15, -0.1) is 0 Å². The molecule has 0 spiro atoms. The minimum absolute atomic E-state index is 0.144. The van der Waals surface area contributed by atoms with Crippen molar-refractivity contribution in [1.29, 1.82) is 5.41 Å². The van der Waals surface area contributed by atoms with E-state index in [-0.39, 0.29) is 29.8 Å². The highest BCUT2D eigenvalue weighted by Crippen LogP contribution is 2.43. The summed E-state index contributed by atoms with van der Waals surface area (Å²) in [5, 5.41) is 26.5. The number of guanidine groups is 1. The number of amides is 1. The molecule has 1 saturated carbocycles. The SMILES string of the molecule is Cc1c(C)c(S(=O)(=O)NC(=N)NCCC[C@H](NC(=O)[C@@H]2CC3CCCCC3N2)C(=O)O)c(C)c2c1OC(C)(C)C2. The van der Waals surface area contributed by atoms with Gasteiger partial charge < -0.3 is 25.8 Å². The Morgan fingerprint density at radius 3 is 2.52 bits per heavy atom. The van der Waals surface area contributed by atoms with Crippen LogP contribution in [0, 0.1) is 32.1 Å². The molecular weight excluding hydrogens is 534 g/mol. The molecule has 3 aliphatic rings. The molecule has 2 aliphatic heterocycles. The molecule has 0 aromatic heterocycles. The van der Waals surface area contributed by atoms with Crippen molar-refractivity contribution < 1.29 is 27.9 Å². The average molecular weight is 578 g/mol. The van der Waals surface area contributed by atoms with E-state index >= 15 is 0 Å². The van der Waals surface area contributed by atoms with Gasteiger partial charge in [0.2, 0.25) is 11.9 Å². The first-order valence-corrected chi connectivity index (χ1v) is 15.6. The van der Waals surface area contributed by atoms with E-state index in [0.29, 0.717) is 35.9 Å². The van der Waals surface area contributed by atoms with Crippen molar-refractivity contribution in [2.45, 2.75) is 115 Å². The highest BCUT2D eigenvalue weighted by atomic mass is 32.2. The number of carbonyl (C=O) groups is 2. The molecule has 2 heterocycles. The van der Waals surface area contributed by atoms with Crippen molar-refractivity contribution in [3.8, 4) is 5.75 Å². The van der Waals surface area contributed by atoms with Gasteiger partial charge in [0.25, 0.3) is 10.0 Å². The monoisotopic (exact) mass is 577 g/mol. The first-order chi connectivity index (χ1) is 18.7. The summed E-state index contributed by atoms with van der Waals surface area (Å²) in [6.45, 7) is 9.42. The number of hydrogen-bond acceptors (Lipinski definition) is 7. The molecule has 1 amide bonds. The molecule has 1 aromatic rings. The zero-order valence-electron chi connectivity index (χ0n) is 24.1. The number of ether oxygens (including phenoxy) is 1. The molecule has 0 radical (unpaired) electrons. The Bertz CT molecular complexity index is 1280. The lowest BCUT2D eigenvalue weighted by molar-refractivity contribution is -0.142. The lowest BCUT2D eigenvalue weighted by atomic mass is 9.85. The van der Waals surface area contributed by atoms with Crippen LogP contribution in [0.5, 0.6) is 5.75 Å². The third kappa shape index (κ3) is 6.38. The third-order valence-electron chi connectivity index (χ3n) is 8.56. The fourth-order valence-corrected chi connectivity index (χ4v) is 7.97. The molecule has 11 nitrogen and oxygen atoms in total. The average Bonchev–Trinajstić information content (AvgIpc) is 3.44. The number of fused-ring (bicyclic) bond motifs is 2. The minimum atomic E-state index is -4.05. The minimum Gasteiger partial charge on any atom is -0.487 e. The third-order valence-corrected chi connectivity index (χ3v) is 10.2. The quantitative estimate of drug-likeness (QED) is 0.148. The molecule has 1 saturated heterocycles. The first-order valence-electron chi connectivity index (χ1n) is 14.2. The topological polar surface area (TPSA) is 170 Å². The number of hydrogen-bond donors (Lipinski definition) is 6. The van der Waals surface area contributed by atoms with Crippen molar-refractivity contribution in [2.75, 3.05) is 6.54 Å². The second-order valence-electron chi connectivity index (χ2n) is 12.1. The lowest BCUT2D eigenvalue weighted by Gasteiger charge is -2.24. The Morgan fingerprint density at radius 1 is 1.15 bits per heavy atom. The van der Waals surface area contributed by atoms with E-state index in [2.05, 4.69) is 20.7 Å². The maximum absolute atomic E-state index is 13.3. The van der Waals surface area contributed by atoms with Crippen LogP contribution in [-0.4, -0.2) is 61.6 Å². The number of sulfonamides is 1. The normalized spacial score (nSPS) is 23.9. The van der Waals surface area contributed by atoms with Gasteiger partial charge in [0.05, 0.1) is 10.9 Å². The molecule has 222 valence electrons. The number of carboxylic acid groups (broad SMARTS) is 1. The summed E-state index contributed by atoms with van der Waals surface area (Å²) in [4.78, 5) is 24.7. The summed E-state index contributed by atoms with van der Waals surface area (Å²) in [5.41, 5.74) is 2.39. The molecule has 40 heavy (non-hydrogen) atoms. The van der Waals surface area contributed by atoms with Crippen LogP contribution in [0.1, 0.15) is 81.0 Å². The summed E-state index contributed by atoms with van der Waals surface area (Å²) < 4.78 is 35.0. The summed E-state index contributed by atoms with van der Waals surface area (Å²) in [6, 6.07) is -1.10. The molecule has 4 rings (SSSR count). The summed E-state index contributed by atoms with van der Waals surface area (Å²) in [5.74, 6) is -0.610. The molecular formula is C28H43N5O6S. The largest absolute Gasteiger partial charge is 0.487 e. The maximum Gasteiger partial charge on any atom is 0.326 e. The lowest BCUT2D eigenvalue weighted by Crippen LogP contribution is -2.49. The number of carbonyl (C=O) groups excluding carboxylic acids is 1. The summed E-state index contributed by atoms with van der Waals surface area (Å²) in [7, 11) is -4.05. The first kappa shape index (κ1) is 30.1. The van der Waals surface area contributed by atoms with Crippen LogP contribution < -0.4 is 25.4 Å². The highest BCUT2D eigenvalue weighted by molar-refractivity contribution is 7.90. The van der Waals surface area contributed by atoms with Crippen molar-refractivity contribution in [3.05, 3.63) is 22.3 Å². The van der Waals surface area contributed by atoms with Crippen LogP contribution >= 0.6 is 0 Å². The van der Waals surface area contributed by atoms with Gasteiger partial charge in [-0.2, -0.15) is 0 Å². The van der Waals surface area contributed by atoms with Crippen LogP contribution in [0.2, 0.25) is 0 Å². The van der Waals surface area contributed by atoms with E-state index in [1.54, 1.807) is 13.8 Å². The second-order valence-corrected chi connectivity index (χ2v) is 13.7. The predicted molar refractivity (Wildman–Crippen MR) is 151 cm³/mol. The number of aliphatic carboxylic acids is 1. The standard InChI is InChI=1S/C28H43N5O6S/c1-15-16(2)24(17(3)19-14-28(4,5)39-23(15)19)40(37,38)33-27(29)30-12-8-11-21(26(35)36)32-25(34)22-13-18-9-6-7-10-20(18)31-22/h18,20-22,31H,6-14H2,1-5H3,(H,32,34)(H,35,36)(H3,29,30,33)/t18?,20?,21-,22-/m0/s1. The van der Waals surface area contributed by atoms with E-state index in [9.17, 15) is 23.1 Å². The second kappa shape index (κ2) is 11.6. The van der Waals surface area contributed by atoms with Gasteiger partial charge in [0, 0.05) is 24.6 Å². The molecule has 2 unspecified atom stereocenters. The number of carboxylic acids is 1. The zero-order chi connectivity index (χ0) is 29.4. The van der Waals surface area contributed by atoms with Crippen LogP contribution in [0.25, 0.3) is 0 Å². The molecule has 1 aromatic carbocycles. The van der Waals surface area contributed by atoms with E-state index in [4.69, 9.17) is 10.1 Å². The predicted octanol–water partition coefficient (Wildman–Crippen LogP) is 2.40. The van der Waals surface area contributed by atoms with Crippen LogP contribution in [0.3, 0.4) is 0 Å². The zero-order valence-corrected chi connectivity index (χ0v) is 24.9. The molecule has 12 heteroatoms. The van der Waals surface area contributed by atoms with Crippen molar-refractivity contribution in [3.63, 3.8) is 0 Å². The number of rotatable bonds is 9. The van der Waals surface area contributed by atoms with Crippen LogP contribution in [-0.2, 0) is 26.0 Å². The summed E-state index contributed by atoms with van der Waals surface area (Å²) in [6.07, 6.45) is 6.25. The fraction of sp³-hybridized carbons (Fsp3) is 0.679. The smallest absolute Gasteiger partial charge is 0.326 e. The van der Waals surface area contributed by atoms with Gasteiger partial charge >= 0.3 is 5.97 Å². The van der Waals surface area contributed by atoms with Crippen molar-refractivity contribution in [2.24, 2.45) is 5.92 Å². The fourth-order valence-electron chi connectivity index (χ4n) is 6.44. The van der Waals surface area contributed by atoms with Gasteiger partial charge in [0.1, 0.15) is 17.4 Å². The van der Waals surface area contributed by atoms with Crippen molar-refractivity contribution >= 4 is 27.9 Å². The van der Waals surface area contributed by atoms with Crippen LogP contribution in [0.4, 0.5) is 0 Å². The molecule has 1 aliphatic carbocycles. The van der Waals surface area contributed by atoms with Crippen LogP contribution in [0.15, 0.2) is 4.90 Å². The van der Waals surface area contributed by atoms with E-state index in [1.807, 2.05) is 20.8 Å². The van der Waals surface area contributed by atoms with Gasteiger partial charge in [-0.05, 0) is 89.3 Å². The van der Waals surface area contributed by atoms with E-state index in [1.165, 1.54) is 6.42 Å². The Kier molecular flexibility index (Phi) is 8.70. The Balaban J connectivity index is 1.29. The summed E-state index contributed by atoms with van der Waals surface area (Å²) >= 11 is 0.